The minimum Gasteiger partial charge on any atom is -0.357 e. The van der Waals surface area contributed by atoms with E-state index in [1.807, 2.05) is 0 Å². The zero-order valence-corrected chi connectivity index (χ0v) is 15.7. The van der Waals surface area contributed by atoms with Gasteiger partial charge in [0, 0.05) is 26.2 Å². The summed E-state index contributed by atoms with van der Waals surface area (Å²) < 4.78 is 0. The summed E-state index contributed by atoms with van der Waals surface area (Å²) in [5, 5.41) is 3.52. The van der Waals surface area contributed by atoms with Crippen molar-refractivity contribution in [3.05, 3.63) is 0 Å². The molecule has 1 aliphatic heterocycles. The Hall–Kier alpha value is -0.770. The first-order valence-electron chi connectivity index (χ1n) is 10.0. The smallest absolute Gasteiger partial charge is 0.193 e. The second kappa shape index (κ2) is 10.2. The van der Waals surface area contributed by atoms with Gasteiger partial charge in [-0.2, -0.15) is 0 Å². The molecule has 1 aliphatic carbocycles. The highest BCUT2D eigenvalue weighted by molar-refractivity contribution is 5.80. The van der Waals surface area contributed by atoms with Gasteiger partial charge in [0.2, 0.25) is 0 Å². The van der Waals surface area contributed by atoms with Gasteiger partial charge in [-0.25, -0.2) is 0 Å². The highest BCUT2D eigenvalue weighted by atomic mass is 15.3. The van der Waals surface area contributed by atoms with Crippen LogP contribution in [0.1, 0.15) is 59.3 Å². The Balaban J connectivity index is 1.76. The van der Waals surface area contributed by atoms with Crippen molar-refractivity contribution in [3.8, 4) is 0 Å². The molecule has 2 rings (SSSR count). The molecule has 1 saturated carbocycles. The maximum Gasteiger partial charge on any atom is 0.193 e. The number of rotatable bonds is 8. The molecule has 2 atom stereocenters. The molecule has 0 spiro atoms. The van der Waals surface area contributed by atoms with E-state index < -0.39 is 0 Å². The molecule has 2 aliphatic rings. The predicted octanol–water partition coefficient (Wildman–Crippen LogP) is 3.20. The number of hydrogen-bond donors (Lipinski definition) is 1. The largest absolute Gasteiger partial charge is 0.357 e. The molecule has 2 unspecified atom stereocenters. The summed E-state index contributed by atoms with van der Waals surface area (Å²) in [5.41, 5.74) is 0. The van der Waals surface area contributed by atoms with Crippen molar-refractivity contribution in [1.82, 2.24) is 15.1 Å². The van der Waals surface area contributed by atoms with Gasteiger partial charge in [0.15, 0.2) is 5.96 Å². The molecule has 4 nitrogen and oxygen atoms in total. The lowest BCUT2D eigenvalue weighted by molar-refractivity contribution is 0.297. The molecule has 134 valence electrons. The van der Waals surface area contributed by atoms with Crippen LogP contribution in [0.4, 0.5) is 0 Å². The fourth-order valence-corrected chi connectivity index (χ4v) is 4.18. The van der Waals surface area contributed by atoms with Crippen LogP contribution >= 0.6 is 0 Å². The fourth-order valence-electron chi connectivity index (χ4n) is 4.18. The third kappa shape index (κ3) is 5.66. The lowest BCUT2D eigenvalue weighted by atomic mass is 9.82. The monoisotopic (exact) mass is 322 g/mol. The summed E-state index contributed by atoms with van der Waals surface area (Å²) >= 11 is 0. The maximum atomic E-state index is 4.91. The number of unbranched alkanes of at least 4 members (excludes halogenated alkanes) is 1. The number of nitrogens with one attached hydrogen (secondary N) is 1. The Labute approximate surface area is 143 Å². The summed E-state index contributed by atoms with van der Waals surface area (Å²) in [7, 11) is 0. The first-order chi connectivity index (χ1) is 11.3. The van der Waals surface area contributed by atoms with E-state index in [0.29, 0.717) is 0 Å². The quantitative estimate of drug-likeness (QED) is 0.423. The Morgan fingerprint density at radius 2 is 1.70 bits per heavy atom. The van der Waals surface area contributed by atoms with Crippen LogP contribution in [0.2, 0.25) is 0 Å². The second-order valence-electron chi connectivity index (χ2n) is 7.18. The number of fused-ring (bicyclic) bond motifs is 1. The van der Waals surface area contributed by atoms with Crippen molar-refractivity contribution >= 4 is 5.96 Å². The molecule has 1 N–H and O–H groups in total. The van der Waals surface area contributed by atoms with Gasteiger partial charge in [0.05, 0.1) is 0 Å². The van der Waals surface area contributed by atoms with Crippen LogP contribution in [0, 0.1) is 11.8 Å². The molecule has 4 heteroatoms. The molecule has 2 fully saturated rings. The lowest BCUT2D eigenvalue weighted by Crippen LogP contribution is -2.40. The van der Waals surface area contributed by atoms with Crippen LogP contribution in [0.3, 0.4) is 0 Å². The SMILES string of the molecule is CCNC(=NCCCCN(CC)CC)N1CC2CCCCC2C1. The van der Waals surface area contributed by atoms with Crippen molar-refractivity contribution in [2.75, 3.05) is 45.8 Å². The molecule has 23 heavy (non-hydrogen) atoms. The highest BCUT2D eigenvalue weighted by Gasteiger charge is 2.35. The van der Waals surface area contributed by atoms with Gasteiger partial charge in [-0.05, 0) is 64.1 Å². The molecule has 0 amide bonds. The van der Waals surface area contributed by atoms with E-state index in [9.17, 15) is 0 Å². The topological polar surface area (TPSA) is 30.9 Å². The van der Waals surface area contributed by atoms with Crippen LogP contribution in [-0.4, -0.2) is 61.6 Å². The lowest BCUT2D eigenvalue weighted by Gasteiger charge is -2.22. The minimum atomic E-state index is 0.926. The fraction of sp³-hybridized carbons (Fsp3) is 0.947. The Bertz CT molecular complexity index is 337. The van der Waals surface area contributed by atoms with Crippen molar-refractivity contribution in [3.63, 3.8) is 0 Å². The van der Waals surface area contributed by atoms with Gasteiger partial charge in [-0.15, -0.1) is 0 Å². The number of likely N-dealkylation sites (tertiary alicyclic amines) is 1. The minimum absolute atomic E-state index is 0.926. The summed E-state index contributed by atoms with van der Waals surface area (Å²) in [6.45, 7) is 14.6. The first-order valence-corrected chi connectivity index (χ1v) is 10.0. The molecule has 1 saturated heterocycles. The first kappa shape index (κ1) is 18.6. The average molecular weight is 323 g/mol. The van der Waals surface area contributed by atoms with Gasteiger partial charge >= 0.3 is 0 Å². The van der Waals surface area contributed by atoms with E-state index in [1.54, 1.807) is 0 Å². The van der Waals surface area contributed by atoms with Crippen LogP contribution in [0.15, 0.2) is 4.99 Å². The number of aliphatic imine (C=N–C) groups is 1. The third-order valence-corrected chi connectivity index (χ3v) is 5.65. The van der Waals surface area contributed by atoms with Gasteiger partial charge in [0.25, 0.3) is 0 Å². The molecule has 1 heterocycles. The highest BCUT2D eigenvalue weighted by Crippen LogP contribution is 2.35. The summed E-state index contributed by atoms with van der Waals surface area (Å²) in [6, 6.07) is 0. The summed E-state index contributed by atoms with van der Waals surface area (Å²) in [4.78, 5) is 9.95. The second-order valence-corrected chi connectivity index (χ2v) is 7.18. The Morgan fingerprint density at radius 1 is 1.04 bits per heavy atom. The van der Waals surface area contributed by atoms with Gasteiger partial charge < -0.3 is 15.1 Å². The van der Waals surface area contributed by atoms with E-state index in [2.05, 4.69) is 35.9 Å². The maximum absolute atomic E-state index is 4.91. The van der Waals surface area contributed by atoms with Crippen LogP contribution in [0.5, 0.6) is 0 Å². The van der Waals surface area contributed by atoms with Crippen LogP contribution in [-0.2, 0) is 0 Å². The molecule has 0 aromatic heterocycles. The van der Waals surface area contributed by atoms with E-state index in [0.717, 1.165) is 24.9 Å². The van der Waals surface area contributed by atoms with Crippen molar-refractivity contribution < 1.29 is 0 Å². The Morgan fingerprint density at radius 3 is 2.26 bits per heavy atom. The van der Waals surface area contributed by atoms with Gasteiger partial charge in [-0.1, -0.05) is 26.7 Å². The standard InChI is InChI=1S/C19H38N4/c1-4-20-19(21-13-9-10-14-22(5-2)6-3)23-15-17-11-7-8-12-18(17)16-23/h17-18H,4-16H2,1-3H3,(H,20,21). The van der Waals surface area contributed by atoms with Crippen molar-refractivity contribution in [2.45, 2.75) is 59.3 Å². The third-order valence-electron chi connectivity index (χ3n) is 5.65. The molecule has 0 bridgehead atoms. The molecular weight excluding hydrogens is 284 g/mol. The van der Waals surface area contributed by atoms with E-state index >= 15 is 0 Å². The number of hydrogen-bond acceptors (Lipinski definition) is 2. The molecule has 0 radical (unpaired) electrons. The molecular formula is C19H38N4. The normalized spacial score (nSPS) is 25.0. The van der Waals surface area contributed by atoms with E-state index in [-0.39, 0.29) is 0 Å². The number of guanidine groups is 1. The zero-order valence-electron chi connectivity index (χ0n) is 15.7. The summed E-state index contributed by atoms with van der Waals surface area (Å²) in [6.07, 6.45) is 8.21. The van der Waals surface area contributed by atoms with Crippen LogP contribution in [0.25, 0.3) is 0 Å². The molecule has 0 aromatic carbocycles. The van der Waals surface area contributed by atoms with E-state index in [4.69, 9.17) is 4.99 Å². The Kier molecular flexibility index (Phi) is 8.21. The predicted molar refractivity (Wildman–Crippen MR) is 100 cm³/mol. The summed E-state index contributed by atoms with van der Waals surface area (Å²) in [5.74, 6) is 3.02. The average Bonchev–Trinajstić information content (AvgIpc) is 3.01. The van der Waals surface area contributed by atoms with Gasteiger partial charge in [0.1, 0.15) is 0 Å². The zero-order chi connectivity index (χ0) is 16.5. The van der Waals surface area contributed by atoms with Crippen molar-refractivity contribution in [1.29, 1.82) is 0 Å². The van der Waals surface area contributed by atoms with Crippen molar-refractivity contribution in [2.24, 2.45) is 16.8 Å². The molecule has 0 aromatic rings. The van der Waals surface area contributed by atoms with Gasteiger partial charge in [-0.3, -0.25) is 4.99 Å². The van der Waals surface area contributed by atoms with E-state index in [1.165, 1.54) is 77.2 Å². The van der Waals surface area contributed by atoms with Crippen LogP contribution < -0.4 is 5.32 Å². The number of nitrogens with zero attached hydrogens (tertiary/aromatic N) is 3.